The van der Waals surface area contributed by atoms with E-state index < -0.39 is 5.97 Å². The molecule has 0 fully saturated rings. The molecule has 0 saturated carbocycles. The third-order valence-electron chi connectivity index (χ3n) is 2.37. The van der Waals surface area contributed by atoms with Crippen molar-refractivity contribution in [2.24, 2.45) is 0 Å². The third kappa shape index (κ3) is 3.33. The number of ether oxygens (including phenoxy) is 1. The van der Waals surface area contributed by atoms with Gasteiger partial charge in [0.2, 0.25) is 0 Å². The van der Waals surface area contributed by atoms with Crippen LogP contribution in [0.3, 0.4) is 0 Å². The zero-order chi connectivity index (χ0) is 14.5. The molecule has 0 aliphatic rings. The van der Waals surface area contributed by atoms with Crippen LogP contribution in [0.1, 0.15) is 27.8 Å². The molecule has 0 saturated heterocycles. The highest BCUT2D eigenvalue weighted by atomic mass is 32.1. The van der Waals surface area contributed by atoms with Gasteiger partial charge in [-0.25, -0.2) is 14.6 Å². The number of nitrogens with one attached hydrogen (secondary N) is 1. The van der Waals surface area contributed by atoms with Gasteiger partial charge in [-0.2, -0.15) is 0 Å². The monoisotopic (exact) mass is 292 g/mol. The number of aromatic carboxylic acids is 1. The average molecular weight is 292 g/mol. The molecule has 0 unspecified atom stereocenters. The first-order chi connectivity index (χ1) is 9.60. The van der Waals surface area contributed by atoms with Gasteiger partial charge in [-0.3, -0.25) is 0 Å². The van der Waals surface area contributed by atoms with E-state index in [2.05, 4.69) is 10.3 Å². The van der Waals surface area contributed by atoms with Gasteiger partial charge in [-0.15, -0.1) is 11.3 Å². The Balaban J connectivity index is 2.06. The van der Waals surface area contributed by atoms with Crippen LogP contribution in [0.4, 0.5) is 10.8 Å². The summed E-state index contributed by atoms with van der Waals surface area (Å²) in [6.45, 7) is 2.08. The first-order valence-electron chi connectivity index (χ1n) is 5.83. The van der Waals surface area contributed by atoms with E-state index in [-0.39, 0.29) is 11.7 Å². The van der Waals surface area contributed by atoms with Crippen LogP contribution in [0.5, 0.6) is 0 Å². The minimum atomic E-state index is -1.06. The van der Waals surface area contributed by atoms with Crippen LogP contribution in [0.15, 0.2) is 29.6 Å². The first kappa shape index (κ1) is 14.0. The maximum atomic E-state index is 11.5. The highest BCUT2D eigenvalue weighted by Gasteiger charge is 2.09. The number of esters is 1. The molecule has 0 amide bonds. The van der Waals surface area contributed by atoms with Crippen LogP contribution in [0, 0.1) is 0 Å². The van der Waals surface area contributed by atoms with E-state index >= 15 is 0 Å². The van der Waals surface area contributed by atoms with Crippen molar-refractivity contribution in [3.8, 4) is 0 Å². The van der Waals surface area contributed by atoms with E-state index in [9.17, 15) is 9.59 Å². The predicted octanol–water partition coefficient (Wildman–Crippen LogP) is 2.76. The van der Waals surface area contributed by atoms with E-state index in [1.54, 1.807) is 31.2 Å². The standard InChI is InChI=1S/C13H12N2O4S/c1-2-19-12(18)8-3-5-9(6-4-8)14-13-15-10(7-20-13)11(16)17/h3-7H,2H2,1H3,(H,14,15)(H,16,17). The summed E-state index contributed by atoms with van der Waals surface area (Å²) in [6, 6.07) is 6.67. The lowest BCUT2D eigenvalue weighted by atomic mass is 10.2. The molecule has 0 atom stereocenters. The van der Waals surface area contributed by atoms with Gasteiger partial charge < -0.3 is 15.2 Å². The zero-order valence-corrected chi connectivity index (χ0v) is 11.4. The number of rotatable bonds is 5. The Morgan fingerprint density at radius 2 is 2.05 bits per heavy atom. The molecule has 0 spiro atoms. The second-order valence-electron chi connectivity index (χ2n) is 3.77. The number of aromatic nitrogens is 1. The molecule has 0 radical (unpaired) electrons. The maximum absolute atomic E-state index is 11.5. The molecule has 6 nitrogen and oxygen atoms in total. The van der Waals surface area contributed by atoms with Crippen molar-refractivity contribution in [1.29, 1.82) is 0 Å². The molecular weight excluding hydrogens is 280 g/mol. The molecule has 2 N–H and O–H groups in total. The summed E-state index contributed by atoms with van der Waals surface area (Å²) >= 11 is 1.20. The SMILES string of the molecule is CCOC(=O)c1ccc(Nc2nc(C(=O)O)cs2)cc1. The summed E-state index contributed by atoms with van der Waals surface area (Å²) in [5.41, 5.74) is 1.17. The van der Waals surface area contributed by atoms with Gasteiger partial charge in [0, 0.05) is 11.1 Å². The van der Waals surface area contributed by atoms with Gasteiger partial charge in [0.1, 0.15) is 0 Å². The number of hydrogen-bond donors (Lipinski definition) is 2. The smallest absolute Gasteiger partial charge is 0.355 e. The van der Waals surface area contributed by atoms with Crippen molar-refractivity contribution in [2.75, 3.05) is 11.9 Å². The Hall–Kier alpha value is -2.41. The number of thiazole rings is 1. The Kier molecular flexibility index (Phi) is 4.31. The molecule has 1 aromatic heterocycles. The maximum Gasteiger partial charge on any atom is 0.355 e. The lowest BCUT2D eigenvalue weighted by molar-refractivity contribution is 0.0526. The van der Waals surface area contributed by atoms with E-state index in [4.69, 9.17) is 9.84 Å². The number of carbonyl (C=O) groups is 2. The summed E-state index contributed by atoms with van der Waals surface area (Å²) in [7, 11) is 0. The number of carboxylic acid groups (broad SMARTS) is 1. The lowest BCUT2D eigenvalue weighted by Crippen LogP contribution is -2.04. The Morgan fingerprint density at radius 3 is 2.60 bits per heavy atom. The van der Waals surface area contributed by atoms with Crippen LogP contribution in [-0.2, 0) is 4.74 Å². The Morgan fingerprint density at radius 1 is 1.35 bits per heavy atom. The molecule has 0 aliphatic carbocycles. The highest BCUT2D eigenvalue weighted by molar-refractivity contribution is 7.14. The average Bonchev–Trinajstić information content (AvgIpc) is 2.88. The largest absolute Gasteiger partial charge is 0.476 e. The van der Waals surface area contributed by atoms with Crippen LogP contribution in [0.25, 0.3) is 0 Å². The molecular formula is C13H12N2O4S. The van der Waals surface area contributed by atoms with Crippen LogP contribution >= 0.6 is 11.3 Å². The fraction of sp³-hybridized carbons (Fsp3) is 0.154. The number of hydrogen-bond acceptors (Lipinski definition) is 6. The van der Waals surface area contributed by atoms with Gasteiger partial charge in [0.15, 0.2) is 10.8 Å². The summed E-state index contributed by atoms with van der Waals surface area (Å²) in [5.74, 6) is -1.44. The van der Waals surface area contributed by atoms with Crippen molar-refractivity contribution < 1.29 is 19.4 Å². The Labute approximate surface area is 119 Å². The van der Waals surface area contributed by atoms with Crippen molar-refractivity contribution >= 4 is 34.1 Å². The number of nitrogens with zero attached hydrogens (tertiary/aromatic N) is 1. The van der Waals surface area contributed by atoms with E-state index in [0.29, 0.717) is 23.0 Å². The topological polar surface area (TPSA) is 88.5 Å². The number of anilines is 2. The second-order valence-corrected chi connectivity index (χ2v) is 4.62. The number of carbonyl (C=O) groups excluding carboxylic acids is 1. The lowest BCUT2D eigenvalue weighted by Gasteiger charge is -2.04. The molecule has 1 aromatic carbocycles. The van der Waals surface area contributed by atoms with Gasteiger partial charge in [0.25, 0.3) is 0 Å². The van der Waals surface area contributed by atoms with Crippen molar-refractivity contribution in [3.05, 3.63) is 40.9 Å². The van der Waals surface area contributed by atoms with Crippen LogP contribution in [0.2, 0.25) is 0 Å². The molecule has 0 bridgehead atoms. The molecule has 20 heavy (non-hydrogen) atoms. The second kappa shape index (κ2) is 6.16. The number of carboxylic acids is 1. The minimum absolute atomic E-state index is 0.000596. The van der Waals surface area contributed by atoms with Gasteiger partial charge in [0.05, 0.1) is 12.2 Å². The summed E-state index contributed by atoms with van der Waals surface area (Å²) in [6.07, 6.45) is 0. The zero-order valence-electron chi connectivity index (χ0n) is 10.6. The van der Waals surface area contributed by atoms with E-state index in [1.807, 2.05) is 0 Å². The Bertz CT molecular complexity index is 622. The first-order valence-corrected chi connectivity index (χ1v) is 6.71. The van der Waals surface area contributed by atoms with Crippen molar-refractivity contribution in [2.45, 2.75) is 6.92 Å². The quantitative estimate of drug-likeness (QED) is 0.824. The summed E-state index contributed by atoms with van der Waals surface area (Å²) in [4.78, 5) is 26.1. The van der Waals surface area contributed by atoms with Gasteiger partial charge in [-0.05, 0) is 31.2 Å². The van der Waals surface area contributed by atoms with Crippen LogP contribution < -0.4 is 5.32 Å². The molecule has 2 aromatic rings. The predicted molar refractivity (Wildman–Crippen MR) is 74.8 cm³/mol. The third-order valence-corrected chi connectivity index (χ3v) is 3.13. The van der Waals surface area contributed by atoms with E-state index in [0.717, 1.165) is 0 Å². The summed E-state index contributed by atoms with van der Waals surface area (Å²) < 4.78 is 4.88. The molecule has 104 valence electrons. The number of benzene rings is 1. The van der Waals surface area contributed by atoms with Crippen molar-refractivity contribution in [3.63, 3.8) is 0 Å². The fourth-order valence-electron chi connectivity index (χ4n) is 1.46. The van der Waals surface area contributed by atoms with Crippen molar-refractivity contribution in [1.82, 2.24) is 4.98 Å². The summed E-state index contributed by atoms with van der Waals surface area (Å²) in [5, 5.41) is 13.7. The normalized spacial score (nSPS) is 10.1. The van der Waals surface area contributed by atoms with Crippen LogP contribution in [-0.4, -0.2) is 28.6 Å². The minimum Gasteiger partial charge on any atom is -0.476 e. The molecule has 1 heterocycles. The van der Waals surface area contributed by atoms with E-state index in [1.165, 1.54) is 16.7 Å². The van der Waals surface area contributed by atoms with Gasteiger partial charge >= 0.3 is 11.9 Å². The fourth-order valence-corrected chi connectivity index (χ4v) is 2.16. The highest BCUT2D eigenvalue weighted by Crippen LogP contribution is 2.21. The molecule has 2 rings (SSSR count). The molecule has 0 aliphatic heterocycles. The van der Waals surface area contributed by atoms with Gasteiger partial charge in [-0.1, -0.05) is 0 Å². The molecule has 7 heteroatoms.